The largest absolute Gasteiger partial charge is 0.317 e. The Kier molecular flexibility index (Phi) is 5.20. The van der Waals surface area contributed by atoms with Crippen LogP contribution < -0.4 is 10.6 Å². The van der Waals surface area contributed by atoms with Gasteiger partial charge in [0.2, 0.25) is 0 Å². The maximum absolute atomic E-state index is 3.51. The lowest BCUT2D eigenvalue weighted by atomic mass is 9.67. The first-order valence-corrected chi connectivity index (χ1v) is 9.18. The van der Waals surface area contributed by atoms with Gasteiger partial charge in [-0.1, -0.05) is 38.1 Å². The van der Waals surface area contributed by atoms with E-state index in [4.69, 9.17) is 0 Å². The molecule has 1 aromatic carbocycles. The molecule has 2 aliphatic rings. The monoisotopic (exact) mass is 300 g/mol. The molecule has 0 saturated carbocycles. The van der Waals surface area contributed by atoms with E-state index in [0.29, 0.717) is 5.41 Å². The van der Waals surface area contributed by atoms with Crippen molar-refractivity contribution < 1.29 is 0 Å². The van der Waals surface area contributed by atoms with Gasteiger partial charge in [-0.3, -0.25) is 0 Å². The molecule has 0 unspecified atom stereocenters. The Morgan fingerprint density at radius 2 is 1.50 bits per heavy atom. The average Bonchev–Trinajstić information content (AvgIpc) is 2.57. The number of piperidine rings is 2. The highest BCUT2D eigenvalue weighted by atomic mass is 14.9. The predicted octanol–water partition coefficient (Wildman–Crippen LogP) is 3.51. The minimum Gasteiger partial charge on any atom is -0.317 e. The highest BCUT2D eigenvalue weighted by molar-refractivity contribution is 5.34. The standard InChI is InChI=1S/C20H32N2/c1-20(2,18-9-13-22-14-10-18)19-6-4-3-5-17(19)15-16-7-11-21-12-8-16/h3-6,16,18,21-22H,7-15H2,1-2H3. The molecule has 22 heavy (non-hydrogen) atoms. The minimum atomic E-state index is 0.297. The molecule has 2 aliphatic heterocycles. The fraction of sp³-hybridized carbons (Fsp3) is 0.700. The van der Waals surface area contributed by atoms with Crippen molar-refractivity contribution in [2.45, 2.75) is 51.4 Å². The fourth-order valence-corrected chi connectivity index (χ4v) is 4.49. The highest BCUT2D eigenvalue weighted by Crippen LogP contribution is 2.39. The van der Waals surface area contributed by atoms with Crippen molar-refractivity contribution in [3.05, 3.63) is 35.4 Å². The Morgan fingerprint density at radius 3 is 2.18 bits per heavy atom. The molecule has 2 saturated heterocycles. The Morgan fingerprint density at radius 1 is 0.909 bits per heavy atom. The van der Waals surface area contributed by atoms with E-state index in [1.807, 2.05) is 0 Å². The van der Waals surface area contributed by atoms with Crippen LogP contribution in [0.4, 0.5) is 0 Å². The summed E-state index contributed by atoms with van der Waals surface area (Å²) in [6, 6.07) is 9.27. The topological polar surface area (TPSA) is 24.1 Å². The molecule has 0 radical (unpaired) electrons. The summed E-state index contributed by atoms with van der Waals surface area (Å²) in [5.41, 5.74) is 3.52. The van der Waals surface area contributed by atoms with E-state index >= 15 is 0 Å². The fourth-order valence-electron chi connectivity index (χ4n) is 4.49. The van der Waals surface area contributed by atoms with Crippen molar-refractivity contribution in [3.8, 4) is 0 Å². The van der Waals surface area contributed by atoms with Crippen molar-refractivity contribution in [2.24, 2.45) is 11.8 Å². The quantitative estimate of drug-likeness (QED) is 0.889. The van der Waals surface area contributed by atoms with Gasteiger partial charge in [0.05, 0.1) is 0 Å². The second-order valence-corrected chi connectivity index (χ2v) is 7.80. The second kappa shape index (κ2) is 7.14. The van der Waals surface area contributed by atoms with Crippen LogP contribution in [-0.2, 0) is 11.8 Å². The van der Waals surface area contributed by atoms with Gasteiger partial charge in [-0.25, -0.2) is 0 Å². The molecule has 0 bridgehead atoms. The third kappa shape index (κ3) is 3.55. The van der Waals surface area contributed by atoms with Gasteiger partial charge in [0.25, 0.3) is 0 Å². The van der Waals surface area contributed by atoms with Crippen molar-refractivity contribution in [3.63, 3.8) is 0 Å². The lowest BCUT2D eigenvalue weighted by Gasteiger charge is -2.39. The molecule has 0 aromatic heterocycles. The molecular weight excluding hydrogens is 268 g/mol. The maximum atomic E-state index is 3.51. The third-order valence-electron chi connectivity index (χ3n) is 6.04. The zero-order chi connectivity index (χ0) is 15.4. The number of hydrogen-bond donors (Lipinski definition) is 2. The Balaban J connectivity index is 1.79. The van der Waals surface area contributed by atoms with E-state index in [1.165, 1.54) is 58.3 Å². The number of nitrogens with one attached hydrogen (secondary N) is 2. The lowest BCUT2D eigenvalue weighted by molar-refractivity contribution is 0.244. The van der Waals surface area contributed by atoms with Crippen LogP contribution in [0.25, 0.3) is 0 Å². The van der Waals surface area contributed by atoms with Gasteiger partial charge >= 0.3 is 0 Å². The molecule has 2 heteroatoms. The van der Waals surface area contributed by atoms with Gasteiger partial charge < -0.3 is 10.6 Å². The zero-order valence-corrected chi connectivity index (χ0v) is 14.3. The van der Waals surface area contributed by atoms with Crippen molar-refractivity contribution in [2.75, 3.05) is 26.2 Å². The molecule has 2 fully saturated rings. The van der Waals surface area contributed by atoms with Gasteiger partial charge in [0, 0.05) is 0 Å². The van der Waals surface area contributed by atoms with Crippen LogP contribution in [-0.4, -0.2) is 26.2 Å². The van der Waals surface area contributed by atoms with Crippen molar-refractivity contribution in [1.82, 2.24) is 10.6 Å². The second-order valence-electron chi connectivity index (χ2n) is 7.80. The van der Waals surface area contributed by atoms with Gasteiger partial charge in [0.15, 0.2) is 0 Å². The summed E-state index contributed by atoms with van der Waals surface area (Å²) in [6.07, 6.45) is 6.57. The van der Waals surface area contributed by atoms with E-state index in [0.717, 1.165) is 11.8 Å². The summed E-state index contributed by atoms with van der Waals surface area (Å²) < 4.78 is 0. The smallest absolute Gasteiger partial charge is 0.00460 e. The first kappa shape index (κ1) is 16.0. The first-order valence-electron chi connectivity index (χ1n) is 9.18. The van der Waals surface area contributed by atoms with Crippen LogP contribution in [0.1, 0.15) is 50.7 Å². The lowest BCUT2D eigenvalue weighted by Crippen LogP contribution is -2.38. The summed E-state index contributed by atoms with van der Waals surface area (Å²) in [6.45, 7) is 9.72. The Bertz CT molecular complexity index is 468. The van der Waals surface area contributed by atoms with Crippen LogP contribution in [0.3, 0.4) is 0 Å². The molecule has 1 aromatic rings. The highest BCUT2D eigenvalue weighted by Gasteiger charge is 2.33. The molecule has 2 nitrogen and oxygen atoms in total. The molecule has 0 aliphatic carbocycles. The van der Waals surface area contributed by atoms with Crippen molar-refractivity contribution in [1.29, 1.82) is 0 Å². The van der Waals surface area contributed by atoms with E-state index in [9.17, 15) is 0 Å². The minimum absolute atomic E-state index is 0.297. The molecule has 0 atom stereocenters. The first-order chi connectivity index (χ1) is 10.7. The molecule has 2 N–H and O–H groups in total. The third-order valence-corrected chi connectivity index (χ3v) is 6.04. The number of rotatable bonds is 4. The summed E-state index contributed by atoms with van der Waals surface area (Å²) in [4.78, 5) is 0. The Hall–Kier alpha value is -0.860. The average molecular weight is 300 g/mol. The number of hydrogen-bond acceptors (Lipinski definition) is 2. The van der Waals surface area contributed by atoms with Crippen LogP contribution in [0.15, 0.2) is 24.3 Å². The zero-order valence-electron chi connectivity index (χ0n) is 14.3. The van der Waals surface area contributed by atoms with E-state index in [2.05, 4.69) is 48.7 Å². The normalized spacial score (nSPS) is 21.9. The van der Waals surface area contributed by atoms with Gasteiger partial charge in [0.1, 0.15) is 0 Å². The van der Waals surface area contributed by atoms with Crippen LogP contribution in [0, 0.1) is 11.8 Å². The summed E-state index contributed by atoms with van der Waals surface area (Å²) in [5.74, 6) is 1.68. The van der Waals surface area contributed by atoms with Crippen molar-refractivity contribution >= 4 is 0 Å². The van der Waals surface area contributed by atoms with E-state index < -0.39 is 0 Å². The van der Waals surface area contributed by atoms with Crippen LogP contribution in [0.2, 0.25) is 0 Å². The summed E-state index contributed by atoms with van der Waals surface area (Å²) in [5, 5.41) is 7.00. The molecule has 0 spiro atoms. The predicted molar refractivity (Wildman–Crippen MR) is 94.4 cm³/mol. The van der Waals surface area contributed by atoms with Crippen LogP contribution in [0.5, 0.6) is 0 Å². The SMILES string of the molecule is CC(C)(c1ccccc1CC1CCNCC1)C1CCNCC1. The van der Waals surface area contributed by atoms with Gasteiger partial charge in [-0.15, -0.1) is 0 Å². The van der Waals surface area contributed by atoms with Gasteiger partial charge in [-0.05, 0) is 86.7 Å². The summed E-state index contributed by atoms with van der Waals surface area (Å²) in [7, 11) is 0. The van der Waals surface area contributed by atoms with Crippen LogP contribution >= 0.6 is 0 Å². The molecule has 2 heterocycles. The number of benzene rings is 1. The summed E-state index contributed by atoms with van der Waals surface area (Å²) >= 11 is 0. The molecule has 122 valence electrons. The molecule has 3 rings (SSSR count). The van der Waals surface area contributed by atoms with E-state index in [1.54, 1.807) is 11.1 Å². The maximum Gasteiger partial charge on any atom is -0.00460 e. The molecule has 0 amide bonds. The van der Waals surface area contributed by atoms with E-state index in [-0.39, 0.29) is 0 Å². The molecular formula is C20H32N2. The Labute approximate surface area is 136 Å². The van der Waals surface area contributed by atoms with Gasteiger partial charge in [-0.2, -0.15) is 0 Å².